The molecule has 0 saturated carbocycles. The standard InChI is InChI=1S/C21H27N5O2/c1-16-19(12-23-26(16)14-17-6-3-2-4-7-17)21(28)24-10-5-8-18(15-24)25-11-9-22-13-20(25)27/h2-4,6-7,12,18,22H,5,8-11,13-15H2,1H3. The molecule has 0 bridgehead atoms. The molecule has 3 heterocycles. The predicted molar refractivity (Wildman–Crippen MR) is 106 cm³/mol. The van der Waals surface area contributed by atoms with Gasteiger partial charge in [0.25, 0.3) is 5.91 Å². The Morgan fingerprint density at radius 2 is 2.07 bits per heavy atom. The van der Waals surface area contributed by atoms with Gasteiger partial charge in [-0.2, -0.15) is 5.10 Å². The molecule has 2 aromatic rings. The number of benzene rings is 1. The van der Waals surface area contributed by atoms with Crippen LogP contribution in [0.4, 0.5) is 0 Å². The quantitative estimate of drug-likeness (QED) is 0.866. The van der Waals surface area contributed by atoms with Crippen LogP contribution < -0.4 is 5.32 Å². The van der Waals surface area contributed by atoms with Crippen molar-refractivity contribution in [3.05, 3.63) is 53.3 Å². The van der Waals surface area contributed by atoms with E-state index in [-0.39, 0.29) is 17.9 Å². The van der Waals surface area contributed by atoms with E-state index in [1.807, 2.05) is 39.6 Å². The Balaban J connectivity index is 1.46. The number of rotatable bonds is 4. The van der Waals surface area contributed by atoms with Gasteiger partial charge in [0, 0.05) is 37.9 Å². The van der Waals surface area contributed by atoms with Crippen LogP contribution in [0.2, 0.25) is 0 Å². The number of nitrogens with one attached hydrogen (secondary N) is 1. The van der Waals surface area contributed by atoms with Crippen LogP contribution in [0.15, 0.2) is 36.5 Å². The first-order chi connectivity index (χ1) is 13.6. The SMILES string of the molecule is Cc1c(C(=O)N2CCCC(N3CCNCC3=O)C2)cnn1Cc1ccccc1. The molecule has 0 spiro atoms. The highest BCUT2D eigenvalue weighted by molar-refractivity contribution is 5.95. The van der Waals surface area contributed by atoms with Crippen LogP contribution in [0, 0.1) is 6.92 Å². The molecule has 0 aliphatic carbocycles. The van der Waals surface area contributed by atoms with E-state index in [2.05, 4.69) is 22.5 Å². The normalized spacial score (nSPS) is 20.5. The lowest BCUT2D eigenvalue weighted by Crippen LogP contribution is -2.57. The summed E-state index contributed by atoms with van der Waals surface area (Å²) in [7, 11) is 0. The first-order valence-corrected chi connectivity index (χ1v) is 9.99. The molecule has 1 aromatic carbocycles. The molecule has 1 N–H and O–H groups in total. The van der Waals surface area contributed by atoms with E-state index in [0.29, 0.717) is 25.2 Å². The zero-order valence-electron chi connectivity index (χ0n) is 16.3. The third-order valence-electron chi connectivity index (χ3n) is 5.76. The van der Waals surface area contributed by atoms with Crippen LogP contribution in [-0.2, 0) is 11.3 Å². The summed E-state index contributed by atoms with van der Waals surface area (Å²) in [5, 5.41) is 7.55. The Morgan fingerprint density at radius 3 is 2.86 bits per heavy atom. The minimum atomic E-state index is 0.0177. The second kappa shape index (κ2) is 8.14. The molecule has 28 heavy (non-hydrogen) atoms. The highest BCUT2D eigenvalue weighted by Gasteiger charge is 2.32. The van der Waals surface area contributed by atoms with Gasteiger partial charge in [0.15, 0.2) is 0 Å². The summed E-state index contributed by atoms with van der Waals surface area (Å²) in [6.45, 7) is 5.88. The van der Waals surface area contributed by atoms with E-state index in [9.17, 15) is 9.59 Å². The van der Waals surface area contributed by atoms with E-state index in [1.54, 1.807) is 6.20 Å². The van der Waals surface area contributed by atoms with Gasteiger partial charge >= 0.3 is 0 Å². The fourth-order valence-electron chi connectivity index (χ4n) is 4.14. The summed E-state index contributed by atoms with van der Waals surface area (Å²) in [5.74, 6) is 0.154. The van der Waals surface area contributed by atoms with Gasteiger partial charge in [-0.1, -0.05) is 30.3 Å². The van der Waals surface area contributed by atoms with Crippen molar-refractivity contribution in [3.63, 3.8) is 0 Å². The Morgan fingerprint density at radius 1 is 1.25 bits per heavy atom. The van der Waals surface area contributed by atoms with Gasteiger partial charge in [-0.15, -0.1) is 0 Å². The number of amides is 2. The summed E-state index contributed by atoms with van der Waals surface area (Å²) >= 11 is 0. The van der Waals surface area contributed by atoms with E-state index in [4.69, 9.17) is 0 Å². The summed E-state index contributed by atoms with van der Waals surface area (Å²) in [6, 6.07) is 10.2. The molecule has 7 nitrogen and oxygen atoms in total. The second-order valence-corrected chi connectivity index (χ2v) is 7.60. The number of piperazine rings is 1. The number of likely N-dealkylation sites (tertiary alicyclic amines) is 1. The smallest absolute Gasteiger partial charge is 0.257 e. The van der Waals surface area contributed by atoms with E-state index in [0.717, 1.165) is 43.7 Å². The molecule has 2 amide bonds. The second-order valence-electron chi connectivity index (χ2n) is 7.60. The molecule has 4 rings (SSSR count). The first-order valence-electron chi connectivity index (χ1n) is 9.99. The maximum Gasteiger partial charge on any atom is 0.257 e. The van der Waals surface area contributed by atoms with Gasteiger partial charge in [-0.25, -0.2) is 0 Å². The fraction of sp³-hybridized carbons (Fsp3) is 0.476. The summed E-state index contributed by atoms with van der Waals surface area (Å²) in [6.07, 6.45) is 3.56. The molecular weight excluding hydrogens is 354 g/mol. The third-order valence-corrected chi connectivity index (χ3v) is 5.76. The predicted octanol–water partition coefficient (Wildman–Crippen LogP) is 1.28. The van der Waals surface area contributed by atoms with Gasteiger partial charge in [-0.05, 0) is 25.3 Å². The Labute approximate surface area is 165 Å². The van der Waals surface area contributed by atoms with Crippen molar-refractivity contribution in [1.29, 1.82) is 0 Å². The van der Waals surface area contributed by atoms with Crippen molar-refractivity contribution in [1.82, 2.24) is 24.9 Å². The summed E-state index contributed by atoms with van der Waals surface area (Å²) in [4.78, 5) is 29.2. The van der Waals surface area contributed by atoms with Crippen molar-refractivity contribution in [2.24, 2.45) is 0 Å². The average Bonchev–Trinajstić information content (AvgIpc) is 3.09. The zero-order chi connectivity index (χ0) is 19.5. The summed E-state index contributed by atoms with van der Waals surface area (Å²) in [5.41, 5.74) is 2.69. The van der Waals surface area contributed by atoms with Crippen molar-refractivity contribution in [3.8, 4) is 0 Å². The average molecular weight is 381 g/mol. The highest BCUT2D eigenvalue weighted by atomic mass is 16.2. The molecule has 2 fully saturated rings. The number of piperidine rings is 1. The first kappa shape index (κ1) is 18.7. The van der Waals surface area contributed by atoms with E-state index in [1.165, 1.54) is 0 Å². The van der Waals surface area contributed by atoms with Gasteiger partial charge in [0.05, 0.1) is 24.8 Å². The van der Waals surface area contributed by atoms with Crippen molar-refractivity contribution in [2.45, 2.75) is 32.4 Å². The fourth-order valence-corrected chi connectivity index (χ4v) is 4.14. The van der Waals surface area contributed by atoms with Gasteiger partial charge in [0.2, 0.25) is 5.91 Å². The van der Waals surface area contributed by atoms with Crippen molar-refractivity contribution in [2.75, 3.05) is 32.7 Å². The lowest BCUT2D eigenvalue weighted by molar-refractivity contribution is -0.135. The number of hydrogen-bond acceptors (Lipinski definition) is 4. The lowest BCUT2D eigenvalue weighted by Gasteiger charge is -2.41. The highest BCUT2D eigenvalue weighted by Crippen LogP contribution is 2.20. The maximum absolute atomic E-state index is 13.2. The van der Waals surface area contributed by atoms with Crippen LogP contribution in [0.5, 0.6) is 0 Å². The van der Waals surface area contributed by atoms with E-state index < -0.39 is 0 Å². The van der Waals surface area contributed by atoms with Gasteiger partial charge < -0.3 is 15.1 Å². The topological polar surface area (TPSA) is 70.5 Å². The van der Waals surface area contributed by atoms with Crippen LogP contribution in [0.3, 0.4) is 0 Å². The number of carbonyl (C=O) groups excluding carboxylic acids is 2. The zero-order valence-corrected chi connectivity index (χ0v) is 16.3. The molecule has 2 saturated heterocycles. The van der Waals surface area contributed by atoms with Crippen LogP contribution in [0.1, 0.15) is 34.5 Å². The monoisotopic (exact) mass is 381 g/mol. The van der Waals surface area contributed by atoms with Crippen LogP contribution in [-0.4, -0.2) is 70.2 Å². The molecule has 2 aliphatic rings. The minimum Gasteiger partial charge on any atom is -0.336 e. The van der Waals surface area contributed by atoms with E-state index >= 15 is 0 Å². The minimum absolute atomic E-state index is 0.0177. The van der Waals surface area contributed by atoms with Crippen molar-refractivity contribution < 1.29 is 9.59 Å². The Kier molecular flexibility index (Phi) is 5.43. The Bertz CT molecular complexity index is 848. The number of hydrogen-bond donors (Lipinski definition) is 1. The molecule has 1 unspecified atom stereocenters. The van der Waals surface area contributed by atoms with Crippen LogP contribution in [0.25, 0.3) is 0 Å². The van der Waals surface area contributed by atoms with Crippen LogP contribution >= 0.6 is 0 Å². The third kappa shape index (κ3) is 3.80. The largest absolute Gasteiger partial charge is 0.336 e. The van der Waals surface area contributed by atoms with Gasteiger partial charge in [0.1, 0.15) is 0 Å². The number of nitrogens with zero attached hydrogens (tertiary/aromatic N) is 4. The number of aromatic nitrogens is 2. The molecule has 2 aliphatic heterocycles. The molecule has 1 atom stereocenters. The molecule has 0 radical (unpaired) electrons. The molecule has 148 valence electrons. The number of carbonyl (C=O) groups is 2. The maximum atomic E-state index is 13.2. The van der Waals surface area contributed by atoms with Crippen molar-refractivity contribution >= 4 is 11.8 Å². The summed E-state index contributed by atoms with van der Waals surface area (Å²) < 4.78 is 1.88. The lowest BCUT2D eigenvalue weighted by atomic mass is 10.0. The molecule has 7 heteroatoms. The Hall–Kier alpha value is -2.67. The van der Waals surface area contributed by atoms with Gasteiger partial charge in [-0.3, -0.25) is 14.3 Å². The molecule has 1 aromatic heterocycles. The molecular formula is C21H27N5O2.